The second-order valence-electron chi connectivity index (χ2n) is 4.71. The van der Waals surface area contributed by atoms with Gasteiger partial charge < -0.3 is 4.90 Å². The van der Waals surface area contributed by atoms with Gasteiger partial charge in [-0.1, -0.05) is 39.8 Å². The van der Waals surface area contributed by atoms with Crippen LogP contribution >= 0.6 is 0 Å². The van der Waals surface area contributed by atoms with Gasteiger partial charge in [0.05, 0.1) is 23.5 Å². The third kappa shape index (κ3) is 3.06. The standard InChI is InChI=1S/C14H15N3O.2C2H6/c1-9-10(2)17-12-7-5-4-6-11(12)14(18)16(3)8-13(17)15-9;2*1-2/h4-7H,8H2,1-3H3;2*1-2H3. The van der Waals surface area contributed by atoms with Gasteiger partial charge in [0, 0.05) is 12.7 Å². The lowest BCUT2D eigenvalue weighted by atomic mass is 10.1. The minimum absolute atomic E-state index is 0.0492. The van der Waals surface area contributed by atoms with Crippen molar-refractivity contribution in [3.05, 3.63) is 47.0 Å². The predicted molar refractivity (Wildman–Crippen MR) is 91.5 cm³/mol. The van der Waals surface area contributed by atoms with Crippen molar-refractivity contribution in [2.24, 2.45) is 0 Å². The van der Waals surface area contributed by atoms with Crippen LogP contribution in [-0.2, 0) is 6.54 Å². The normalized spacial score (nSPS) is 12.1. The number of para-hydroxylation sites is 1. The summed E-state index contributed by atoms with van der Waals surface area (Å²) in [7, 11) is 1.81. The van der Waals surface area contributed by atoms with Crippen molar-refractivity contribution in [1.29, 1.82) is 0 Å². The van der Waals surface area contributed by atoms with Crippen LogP contribution in [0.25, 0.3) is 5.69 Å². The number of rotatable bonds is 0. The van der Waals surface area contributed by atoms with Gasteiger partial charge >= 0.3 is 0 Å². The Morgan fingerprint density at radius 2 is 1.64 bits per heavy atom. The maximum absolute atomic E-state index is 12.3. The van der Waals surface area contributed by atoms with Crippen molar-refractivity contribution in [1.82, 2.24) is 14.5 Å². The number of carbonyl (C=O) groups is 1. The molecule has 0 saturated carbocycles. The number of benzene rings is 1. The molecule has 1 aliphatic rings. The summed E-state index contributed by atoms with van der Waals surface area (Å²) in [6, 6.07) is 7.70. The third-order valence-electron chi connectivity index (χ3n) is 3.51. The number of carbonyl (C=O) groups excluding carboxylic acids is 1. The van der Waals surface area contributed by atoms with E-state index in [1.807, 2.05) is 72.9 Å². The number of aryl methyl sites for hydroxylation is 1. The van der Waals surface area contributed by atoms with E-state index >= 15 is 0 Å². The van der Waals surface area contributed by atoms with Crippen LogP contribution < -0.4 is 0 Å². The highest BCUT2D eigenvalue weighted by Crippen LogP contribution is 2.26. The molecule has 0 saturated heterocycles. The van der Waals surface area contributed by atoms with E-state index in [1.54, 1.807) is 4.90 Å². The minimum atomic E-state index is 0.0492. The first kappa shape index (κ1) is 18.0. The van der Waals surface area contributed by atoms with Crippen molar-refractivity contribution < 1.29 is 4.79 Å². The SMILES string of the molecule is CC.CC.Cc1nc2n(c1C)-c1ccccc1C(=O)N(C)C2. The molecule has 3 rings (SSSR count). The second kappa shape index (κ2) is 7.78. The van der Waals surface area contributed by atoms with E-state index in [9.17, 15) is 4.79 Å². The molecule has 0 N–H and O–H groups in total. The molecular formula is C18H27N3O. The molecule has 0 bridgehead atoms. The van der Waals surface area contributed by atoms with Gasteiger partial charge in [0.1, 0.15) is 5.82 Å². The van der Waals surface area contributed by atoms with E-state index in [0.29, 0.717) is 6.54 Å². The molecule has 0 radical (unpaired) electrons. The lowest BCUT2D eigenvalue weighted by Gasteiger charge is -2.13. The molecule has 1 amide bonds. The number of nitrogens with zero attached hydrogens (tertiary/aromatic N) is 3. The van der Waals surface area contributed by atoms with E-state index in [4.69, 9.17) is 0 Å². The van der Waals surface area contributed by atoms with Gasteiger partial charge in [0.2, 0.25) is 0 Å². The van der Waals surface area contributed by atoms with Gasteiger partial charge in [-0.25, -0.2) is 4.98 Å². The van der Waals surface area contributed by atoms with Crippen LogP contribution in [0.2, 0.25) is 0 Å². The average Bonchev–Trinajstić information content (AvgIpc) is 2.78. The van der Waals surface area contributed by atoms with Crippen LogP contribution in [0.15, 0.2) is 24.3 Å². The molecule has 120 valence electrons. The van der Waals surface area contributed by atoms with Crippen molar-refractivity contribution in [3.63, 3.8) is 0 Å². The molecule has 22 heavy (non-hydrogen) atoms. The van der Waals surface area contributed by atoms with Gasteiger partial charge in [0.15, 0.2) is 0 Å². The largest absolute Gasteiger partial charge is 0.334 e. The summed E-state index contributed by atoms with van der Waals surface area (Å²) >= 11 is 0. The monoisotopic (exact) mass is 301 g/mol. The zero-order valence-electron chi connectivity index (χ0n) is 14.8. The molecule has 0 spiro atoms. The number of imidazole rings is 1. The fourth-order valence-electron chi connectivity index (χ4n) is 2.44. The lowest BCUT2D eigenvalue weighted by molar-refractivity contribution is 0.0786. The number of hydrogen-bond acceptors (Lipinski definition) is 2. The van der Waals surface area contributed by atoms with Crippen LogP contribution in [0, 0.1) is 13.8 Å². The van der Waals surface area contributed by atoms with Crippen LogP contribution in [0.3, 0.4) is 0 Å². The van der Waals surface area contributed by atoms with E-state index in [1.165, 1.54) is 0 Å². The van der Waals surface area contributed by atoms with Crippen LogP contribution in [0.5, 0.6) is 0 Å². The average molecular weight is 301 g/mol. The first-order chi connectivity index (χ1) is 10.6. The Morgan fingerprint density at radius 1 is 1.05 bits per heavy atom. The first-order valence-electron chi connectivity index (χ1n) is 7.99. The fourth-order valence-corrected chi connectivity index (χ4v) is 2.44. The lowest BCUT2D eigenvalue weighted by Crippen LogP contribution is -2.25. The molecule has 0 unspecified atom stereocenters. The molecule has 2 aromatic rings. The highest BCUT2D eigenvalue weighted by molar-refractivity contribution is 5.98. The summed E-state index contributed by atoms with van der Waals surface area (Å²) in [5.41, 5.74) is 3.78. The van der Waals surface area contributed by atoms with Gasteiger partial charge in [0.25, 0.3) is 5.91 Å². The Hall–Kier alpha value is -2.10. The Bertz CT molecular complexity index is 644. The van der Waals surface area contributed by atoms with E-state index in [0.717, 1.165) is 28.5 Å². The van der Waals surface area contributed by atoms with Crippen LogP contribution in [0.4, 0.5) is 0 Å². The Kier molecular flexibility index (Phi) is 6.35. The number of amides is 1. The minimum Gasteiger partial charge on any atom is -0.334 e. The molecule has 0 aliphatic carbocycles. The number of aromatic nitrogens is 2. The van der Waals surface area contributed by atoms with Crippen molar-refractivity contribution in [3.8, 4) is 5.69 Å². The molecule has 2 heterocycles. The van der Waals surface area contributed by atoms with Gasteiger partial charge in [-0.3, -0.25) is 9.36 Å². The highest BCUT2D eigenvalue weighted by atomic mass is 16.2. The Balaban J connectivity index is 0.000000561. The quantitative estimate of drug-likeness (QED) is 0.734. The third-order valence-corrected chi connectivity index (χ3v) is 3.51. The summed E-state index contributed by atoms with van der Waals surface area (Å²) in [4.78, 5) is 18.6. The van der Waals surface area contributed by atoms with Gasteiger partial charge in [-0.05, 0) is 26.0 Å². The van der Waals surface area contributed by atoms with Crippen molar-refractivity contribution >= 4 is 5.91 Å². The Morgan fingerprint density at radius 3 is 2.27 bits per heavy atom. The molecule has 1 aliphatic heterocycles. The van der Waals surface area contributed by atoms with E-state index < -0.39 is 0 Å². The zero-order chi connectivity index (χ0) is 16.9. The van der Waals surface area contributed by atoms with Crippen LogP contribution in [-0.4, -0.2) is 27.4 Å². The van der Waals surface area contributed by atoms with Crippen LogP contribution in [0.1, 0.15) is 55.3 Å². The maximum Gasteiger partial charge on any atom is 0.256 e. The van der Waals surface area contributed by atoms with E-state index in [2.05, 4.69) is 9.55 Å². The first-order valence-corrected chi connectivity index (χ1v) is 7.99. The molecule has 0 atom stereocenters. The predicted octanol–water partition coefficient (Wildman–Crippen LogP) is 4.13. The summed E-state index contributed by atoms with van der Waals surface area (Å²) in [5, 5.41) is 0. The summed E-state index contributed by atoms with van der Waals surface area (Å²) < 4.78 is 2.09. The molecule has 4 heteroatoms. The topological polar surface area (TPSA) is 38.1 Å². The molecule has 0 fully saturated rings. The van der Waals surface area contributed by atoms with E-state index in [-0.39, 0.29) is 5.91 Å². The van der Waals surface area contributed by atoms with Crippen molar-refractivity contribution in [2.75, 3.05) is 7.05 Å². The zero-order valence-corrected chi connectivity index (χ0v) is 14.8. The highest BCUT2D eigenvalue weighted by Gasteiger charge is 2.25. The Labute approximate surface area is 133 Å². The molecule has 1 aromatic carbocycles. The van der Waals surface area contributed by atoms with Gasteiger partial charge in [-0.2, -0.15) is 0 Å². The number of hydrogen-bond donors (Lipinski definition) is 0. The molecule has 1 aromatic heterocycles. The summed E-state index contributed by atoms with van der Waals surface area (Å²) in [6.45, 7) is 12.6. The summed E-state index contributed by atoms with van der Waals surface area (Å²) in [6.07, 6.45) is 0. The molecular weight excluding hydrogens is 274 g/mol. The smallest absolute Gasteiger partial charge is 0.256 e. The summed E-state index contributed by atoms with van der Waals surface area (Å²) in [5.74, 6) is 0.971. The molecule has 4 nitrogen and oxygen atoms in total. The van der Waals surface area contributed by atoms with Crippen molar-refractivity contribution in [2.45, 2.75) is 48.1 Å². The maximum atomic E-state index is 12.3. The van der Waals surface area contributed by atoms with Gasteiger partial charge in [-0.15, -0.1) is 0 Å². The second-order valence-corrected chi connectivity index (χ2v) is 4.71. The fraction of sp³-hybridized carbons (Fsp3) is 0.444. The number of fused-ring (bicyclic) bond motifs is 3.